The first-order valence-corrected chi connectivity index (χ1v) is 7.96. The predicted octanol–water partition coefficient (Wildman–Crippen LogP) is 2.42. The van der Waals surface area contributed by atoms with Gasteiger partial charge in [0.25, 0.3) is 0 Å². The normalized spacial score (nSPS) is 13.0. The molecule has 2 heterocycles. The second-order valence-electron chi connectivity index (χ2n) is 4.44. The van der Waals surface area contributed by atoms with Gasteiger partial charge in [0, 0.05) is 13.0 Å². The molecule has 0 atom stereocenters. The Bertz CT molecular complexity index is 690. The van der Waals surface area contributed by atoms with Gasteiger partial charge in [-0.3, -0.25) is 4.57 Å². The summed E-state index contributed by atoms with van der Waals surface area (Å²) >= 11 is 5.83. The van der Waals surface area contributed by atoms with Crippen LogP contribution < -0.4 is 0 Å². The lowest BCUT2D eigenvalue weighted by molar-refractivity contribution is 0.0475. The predicted molar refractivity (Wildman–Crippen MR) is 71.2 cm³/mol. The van der Waals surface area contributed by atoms with Crippen LogP contribution in [0, 0.1) is 0 Å². The fraction of sp³-hybridized carbons (Fsp3) is 0.500. The number of hydrogen-bond donors (Lipinski definition) is 2. The number of fused-ring (bicyclic) bond motifs is 1. The highest BCUT2D eigenvalue weighted by molar-refractivity contribution is 7.53. The first-order valence-electron chi connectivity index (χ1n) is 5.97. The van der Waals surface area contributed by atoms with E-state index in [-0.39, 0.29) is 11.6 Å². The van der Waals surface area contributed by atoms with Gasteiger partial charge < -0.3 is 14.4 Å². The fourth-order valence-electron chi connectivity index (χ4n) is 1.78. The molecule has 0 saturated heterocycles. The average molecular weight is 341 g/mol. The van der Waals surface area contributed by atoms with E-state index in [0.29, 0.717) is 24.1 Å². The van der Waals surface area contributed by atoms with Crippen LogP contribution in [0.2, 0.25) is 5.15 Å². The molecule has 0 aliphatic rings. The van der Waals surface area contributed by atoms with Crippen LogP contribution in [0.5, 0.6) is 0 Å². The van der Waals surface area contributed by atoms with Crippen LogP contribution in [0.4, 0.5) is 8.78 Å². The fourth-order valence-corrected chi connectivity index (χ4v) is 2.41. The molecule has 0 radical (unpaired) electrons. The summed E-state index contributed by atoms with van der Waals surface area (Å²) in [6, 6.07) is 0. The molecule has 0 unspecified atom stereocenters. The van der Waals surface area contributed by atoms with E-state index in [1.165, 1.54) is 12.7 Å². The Morgan fingerprint density at radius 1 is 1.29 bits per heavy atom. The van der Waals surface area contributed by atoms with Gasteiger partial charge in [0.05, 0.1) is 6.33 Å². The smallest absolute Gasteiger partial charge is 0.320 e. The van der Waals surface area contributed by atoms with Gasteiger partial charge in [-0.25, -0.2) is 15.0 Å². The molecule has 7 nitrogen and oxygen atoms in total. The summed E-state index contributed by atoms with van der Waals surface area (Å²) in [6.07, 6.45) is 2.11. The molecule has 116 valence electrons. The van der Waals surface area contributed by atoms with Crippen LogP contribution in [0.1, 0.15) is 19.3 Å². The standard InChI is InChI=1S/C10H12ClF2N4O3P/c11-8-7-9(15-5-14-8)17(6-16-7)4-2-1-3-10(12,13)21(18,19)20/h5-6H,1-4H2,(H2,18,19,20). The SMILES string of the molecule is O=P(O)(O)C(F)(F)CCCCn1cnc2c(Cl)ncnc21. The van der Waals surface area contributed by atoms with Crippen molar-refractivity contribution in [1.82, 2.24) is 19.5 Å². The van der Waals surface area contributed by atoms with E-state index in [1.807, 2.05) is 0 Å². The molecule has 2 N–H and O–H groups in total. The van der Waals surface area contributed by atoms with E-state index in [1.54, 1.807) is 4.57 Å². The molecule has 11 heteroatoms. The monoisotopic (exact) mass is 340 g/mol. The highest BCUT2D eigenvalue weighted by Gasteiger charge is 2.47. The van der Waals surface area contributed by atoms with Crippen molar-refractivity contribution >= 4 is 30.4 Å². The molecule has 0 saturated carbocycles. The summed E-state index contributed by atoms with van der Waals surface area (Å²) in [6.45, 7) is 0.334. The third-order valence-corrected chi connectivity index (χ3v) is 4.26. The van der Waals surface area contributed by atoms with E-state index >= 15 is 0 Å². The Kier molecular flexibility index (Phi) is 4.57. The number of aryl methyl sites for hydroxylation is 1. The molecule has 0 aliphatic heterocycles. The van der Waals surface area contributed by atoms with Gasteiger partial charge in [-0.1, -0.05) is 11.6 Å². The molecule has 2 rings (SSSR count). The number of alkyl halides is 2. The Hall–Kier alpha value is -1.15. The quantitative estimate of drug-likeness (QED) is 0.476. The molecule has 21 heavy (non-hydrogen) atoms. The van der Waals surface area contributed by atoms with Crippen molar-refractivity contribution < 1.29 is 23.1 Å². The highest BCUT2D eigenvalue weighted by atomic mass is 35.5. The highest BCUT2D eigenvalue weighted by Crippen LogP contribution is 2.55. The van der Waals surface area contributed by atoms with E-state index in [0.717, 1.165) is 0 Å². The van der Waals surface area contributed by atoms with Gasteiger partial charge in [-0.15, -0.1) is 0 Å². The van der Waals surface area contributed by atoms with Crippen LogP contribution in [0.3, 0.4) is 0 Å². The van der Waals surface area contributed by atoms with Crippen LogP contribution in [-0.4, -0.2) is 35.0 Å². The first-order chi connectivity index (χ1) is 9.72. The van der Waals surface area contributed by atoms with Gasteiger partial charge in [0.1, 0.15) is 11.8 Å². The molecular formula is C10H12ClF2N4O3P. The van der Waals surface area contributed by atoms with Crippen molar-refractivity contribution in [2.24, 2.45) is 0 Å². The van der Waals surface area contributed by atoms with Gasteiger partial charge in [0.15, 0.2) is 10.8 Å². The van der Waals surface area contributed by atoms with Crippen molar-refractivity contribution in [2.75, 3.05) is 0 Å². The third kappa shape index (κ3) is 3.55. The summed E-state index contributed by atoms with van der Waals surface area (Å²) in [4.78, 5) is 28.8. The number of halogens is 3. The second kappa shape index (κ2) is 5.92. The van der Waals surface area contributed by atoms with Crippen molar-refractivity contribution in [3.8, 4) is 0 Å². The topological polar surface area (TPSA) is 101 Å². The number of imidazole rings is 1. The summed E-state index contributed by atoms with van der Waals surface area (Å²) < 4.78 is 38.4. The molecule has 0 aliphatic carbocycles. The van der Waals surface area contributed by atoms with Gasteiger partial charge >= 0.3 is 13.3 Å². The number of nitrogens with zero attached hydrogens (tertiary/aromatic N) is 4. The van der Waals surface area contributed by atoms with Crippen molar-refractivity contribution in [3.05, 3.63) is 17.8 Å². The third-order valence-electron chi connectivity index (χ3n) is 2.91. The Morgan fingerprint density at radius 2 is 2.00 bits per heavy atom. The number of unbranched alkanes of at least 4 members (excludes halogenated alkanes) is 1. The molecule has 0 spiro atoms. The van der Waals surface area contributed by atoms with Crippen LogP contribution in [0.25, 0.3) is 11.2 Å². The molecule has 0 amide bonds. The lowest BCUT2D eigenvalue weighted by Gasteiger charge is -2.17. The van der Waals surface area contributed by atoms with Gasteiger partial charge in [-0.2, -0.15) is 8.78 Å². The minimum atomic E-state index is -5.41. The van der Waals surface area contributed by atoms with Crippen LogP contribution in [-0.2, 0) is 11.1 Å². The zero-order chi connectivity index (χ0) is 15.7. The maximum Gasteiger partial charge on any atom is 0.394 e. The summed E-state index contributed by atoms with van der Waals surface area (Å²) in [5.74, 6) is 0. The van der Waals surface area contributed by atoms with Crippen molar-refractivity contribution in [3.63, 3.8) is 0 Å². The van der Waals surface area contributed by atoms with E-state index in [2.05, 4.69) is 15.0 Å². The molecule has 0 fully saturated rings. The van der Waals surface area contributed by atoms with E-state index in [4.69, 9.17) is 21.4 Å². The summed E-state index contributed by atoms with van der Waals surface area (Å²) in [5.41, 5.74) is -3.09. The lowest BCUT2D eigenvalue weighted by Crippen LogP contribution is -2.16. The average Bonchev–Trinajstić information content (AvgIpc) is 2.78. The Morgan fingerprint density at radius 3 is 2.67 bits per heavy atom. The molecule has 0 bridgehead atoms. The summed E-state index contributed by atoms with van der Waals surface area (Å²) in [7, 11) is -5.41. The maximum absolute atomic E-state index is 13.1. The minimum absolute atomic E-state index is 0.0450. The van der Waals surface area contributed by atoms with E-state index < -0.39 is 19.7 Å². The number of aromatic nitrogens is 4. The van der Waals surface area contributed by atoms with E-state index in [9.17, 15) is 13.3 Å². The van der Waals surface area contributed by atoms with Crippen LogP contribution >= 0.6 is 19.2 Å². The zero-order valence-electron chi connectivity index (χ0n) is 10.7. The second-order valence-corrected chi connectivity index (χ2v) is 6.54. The Balaban J connectivity index is 1.95. The largest absolute Gasteiger partial charge is 0.394 e. The van der Waals surface area contributed by atoms with Crippen molar-refractivity contribution in [2.45, 2.75) is 31.5 Å². The minimum Gasteiger partial charge on any atom is -0.320 e. The summed E-state index contributed by atoms with van der Waals surface area (Å²) in [5, 5.41) is 0.201. The van der Waals surface area contributed by atoms with Crippen LogP contribution in [0.15, 0.2) is 12.7 Å². The number of rotatable bonds is 6. The Labute approximate surface area is 123 Å². The maximum atomic E-state index is 13.1. The van der Waals surface area contributed by atoms with Gasteiger partial charge in [-0.05, 0) is 12.8 Å². The molecular weight excluding hydrogens is 329 g/mol. The van der Waals surface area contributed by atoms with Crippen molar-refractivity contribution in [1.29, 1.82) is 0 Å². The first kappa shape index (κ1) is 16.2. The molecule has 2 aromatic heterocycles. The molecule has 2 aromatic rings. The molecule has 0 aromatic carbocycles. The number of hydrogen-bond acceptors (Lipinski definition) is 4. The van der Waals surface area contributed by atoms with Gasteiger partial charge in [0.2, 0.25) is 0 Å². The lowest BCUT2D eigenvalue weighted by atomic mass is 10.2. The zero-order valence-corrected chi connectivity index (χ0v) is 12.3.